The Kier molecular flexibility index (Phi) is 3.04. The summed E-state index contributed by atoms with van der Waals surface area (Å²) in [5.41, 5.74) is 1.20. The van der Waals surface area contributed by atoms with Crippen LogP contribution >= 0.6 is 23.2 Å². The van der Waals surface area contributed by atoms with Crippen molar-refractivity contribution in [3.63, 3.8) is 0 Å². The van der Waals surface area contributed by atoms with Crippen LogP contribution in [0.1, 0.15) is 25.1 Å². The predicted molar refractivity (Wildman–Crippen MR) is 73.2 cm³/mol. The van der Waals surface area contributed by atoms with Crippen molar-refractivity contribution in [1.29, 1.82) is 5.41 Å². The van der Waals surface area contributed by atoms with Crippen molar-refractivity contribution < 1.29 is 0 Å². The number of nitrogens with zero attached hydrogens (tertiary/aromatic N) is 2. The summed E-state index contributed by atoms with van der Waals surface area (Å²) < 4.78 is 1.97. The normalized spacial score (nSPS) is 15.4. The first-order valence-corrected chi connectivity index (χ1v) is 6.86. The number of fused-ring (bicyclic) bond motifs is 2. The third-order valence-electron chi connectivity index (χ3n) is 3.42. The second-order valence-corrected chi connectivity index (χ2v) is 5.38. The van der Waals surface area contributed by atoms with Crippen molar-refractivity contribution in [3.05, 3.63) is 33.5 Å². The van der Waals surface area contributed by atoms with Gasteiger partial charge in [-0.25, -0.2) is 4.98 Å². The van der Waals surface area contributed by atoms with E-state index in [9.17, 15) is 0 Å². The maximum Gasteiger partial charge on any atom is 0.137 e. The Labute approximate surface area is 115 Å². The van der Waals surface area contributed by atoms with Crippen LogP contribution in [0.15, 0.2) is 12.1 Å². The molecule has 0 spiro atoms. The van der Waals surface area contributed by atoms with E-state index < -0.39 is 0 Å². The summed E-state index contributed by atoms with van der Waals surface area (Å²) in [5, 5.41) is 9.91. The maximum atomic E-state index is 8.33. The van der Waals surface area contributed by atoms with Gasteiger partial charge in [-0.05, 0) is 25.0 Å². The molecule has 3 nitrogen and oxygen atoms in total. The van der Waals surface area contributed by atoms with E-state index in [1.807, 2.05) is 10.6 Å². The summed E-state index contributed by atoms with van der Waals surface area (Å²) >= 11 is 12.2. The Morgan fingerprint density at radius 2 is 2.00 bits per heavy atom. The highest BCUT2D eigenvalue weighted by atomic mass is 35.5. The smallest absolute Gasteiger partial charge is 0.137 e. The van der Waals surface area contributed by atoms with Crippen molar-refractivity contribution in [2.24, 2.45) is 0 Å². The molecule has 5 heteroatoms. The van der Waals surface area contributed by atoms with Gasteiger partial charge in [-0.1, -0.05) is 29.6 Å². The standard InChI is InChI=1S/C13H13Cl2N3/c14-8-5-6-9-11(12(8)15)13(16)18-7-3-1-2-4-10(18)17-9/h5-6,16H,1-4,7H2. The summed E-state index contributed by atoms with van der Waals surface area (Å²) in [6.45, 7) is 0.847. The third-order valence-corrected chi connectivity index (χ3v) is 4.23. The second-order valence-electron chi connectivity index (χ2n) is 4.59. The highest BCUT2D eigenvalue weighted by Gasteiger charge is 2.14. The zero-order chi connectivity index (χ0) is 12.7. The average molecular weight is 282 g/mol. The molecule has 1 aromatic heterocycles. The first kappa shape index (κ1) is 12.0. The molecule has 0 aliphatic carbocycles. The molecule has 0 bridgehead atoms. The van der Waals surface area contributed by atoms with Gasteiger partial charge in [0.2, 0.25) is 0 Å². The lowest BCUT2D eigenvalue weighted by Gasteiger charge is -2.12. The number of aromatic nitrogens is 2. The van der Waals surface area contributed by atoms with E-state index in [-0.39, 0.29) is 0 Å². The van der Waals surface area contributed by atoms with Gasteiger partial charge in [0, 0.05) is 13.0 Å². The fraction of sp³-hybridized carbons (Fsp3) is 0.385. The minimum atomic E-state index is 0.435. The fourth-order valence-corrected chi connectivity index (χ4v) is 2.89. The zero-order valence-electron chi connectivity index (χ0n) is 9.84. The highest BCUT2D eigenvalue weighted by Crippen LogP contribution is 2.28. The molecule has 0 saturated heterocycles. The third kappa shape index (κ3) is 1.82. The molecule has 3 rings (SSSR count). The van der Waals surface area contributed by atoms with E-state index in [0.29, 0.717) is 20.9 Å². The largest absolute Gasteiger partial charge is 0.314 e. The molecule has 2 heterocycles. The lowest BCUT2D eigenvalue weighted by Crippen LogP contribution is -2.25. The van der Waals surface area contributed by atoms with Gasteiger partial charge >= 0.3 is 0 Å². The molecule has 0 saturated carbocycles. The molecule has 1 aliphatic rings. The van der Waals surface area contributed by atoms with Gasteiger partial charge in [-0.2, -0.15) is 0 Å². The molecule has 0 unspecified atom stereocenters. The van der Waals surface area contributed by atoms with Crippen molar-refractivity contribution >= 4 is 34.1 Å². The predicted octanol–water partition coefficient (Wildman–Crippen LogP) is 3.55. The van der Waals surface area contributed by atoms with Gasteiger partial charge in [-0.3, -0.25) is 5.41 Å². The van der Waals surface area contributed by atoms with Gasteiger partial charge in [-0.15, -0.1) is 0 Å². The summed E-state index contributed by atoms with van der Waals surface area (Å²) in [5.74, 6) is 0.989. The molecular weight excluding hydrogens is 269 g/mol. The molecule has 0 atom stereocenters. The first-order valence-electron chi connectivity index (χ1n) is 6.10. The number of aryl methyl sites for hydroxylation is 1. The monoisotopic (exact) mass is 281 g/mol. The molecule has 18 heavy (non-hydrogen) atoms. The average Bonchev–Trinajstić information content (AvgIpc) is 2.59. The van der Waals surface area contributed by atoms with Crippen LogP contribution in [0.5, 0.6) is 0 Å². The Morgan fingerprint density at radius 1 is 1.17 bits per heavy atom. The summed E-state index contributed by atoms with van der Waals surface area (Å²) in [6, 6.07) is 3.58. The molecule has 1 aromatic carbocycles. The number of hydrogen-bond acceptors (Lipinski definition) is 2. The molecule has 0 radical (unpaired) electrons. The van der Waals surface area contributed by atoms with E-state index in [4.69, 9.17) is 28.6 Å². The lowest BCUT2D eigenvalue weighted by molar-refractivity contribution is 0.602. The molecule has 2 aromatic rings. The zero-order valence-corrected chi connectivity index (χ0v) is 11.4. The van der Waals surface area contributed by atoms with Crippen LogP contribution in [0.4, 0.5) is 0 Å². The van der Waals surface area contributed by atoms with Crippen molar-refractivity contribution in [3.8, 4) is 0 Å². The van der Waals surface area contributed by atoms with Crippen LogP contribution in [0.2, 0.25) is 10.0 Å². The Bertz CT molecular complexity index is 676. The Balaban J connectivity index is 2.39. The number of benzene rings is 1. The topological polar surface area (TPSA) is 41.7 Å². The van der Waals surface area contributed by atoms with Crippen LogP contribution < -0.4 is 5.49 Å². The molecule has 0 fully saturated rings. The van der Waals surface area contributed by atoms with Gasteiger partial charge < -0.3 is 4.57 Å². The maximum absolute atomic E-state index is 8.33. The Morgan fingerprint density at radius 3 is 2.83 bits per heavy atom. The lowest BCUT2D eigenvalue weighted by atomic mass is 10.2. The van der Waals surface area contributed by atoms with Crippen molar-refractivity contribution in [2.75, 3.05) is 0 Å². The van der Waals surface area contributed by atoms with Crippen LogP contribution in [0.25, 0.3) is 10.9 Å². The second kappa shape index (κ2) is 4.56. The number of rotatable bonds is 0. The quantitative estimate of drug-likeness (QED) is 0.788. The minimum absolute atomic E-state index is 0.435. The van der Waals surface area contributed by atoms with Crippen LogP contribution in [0, 0.1) is 5.41 Å². The number of nitrogens with one attached hydrogen (secondary N) is 1. The molecule has 1 aliphatic heterocycles. The van der Waals surface area contributed by atoms with Crippen molar-refractivity contribution in [2.45, 2.75) is 32.2 Å². The summed E-state index contributed by atoms with van der Waals surface area (Å²) in [4.78, 5) is 4.64. The number of halogens is 2. The fourth-order valence-electron chi connectivity index (χ4n) is 2.48. The van der Waals surface area contributed by atoms with E-state index in [1.165, 1.54) is 6.42 Å². The Hall–Kier alpha value is -1.06. The van der Waals surface area contributed by atoms with Gasteiger partial charge in [0.05, 0.1) is 20.9 Å². The van der Waals surface area contributed by atoms with E-state index in [0.717, 1.165) is 37.1 Å². The minimum Gasteiger partial charge on any atom is -0.314 e. The first-order chi connectivity index (χ1) is 8.68. The van der Waals surface area contributed by atoms with Gasteiger partial charge in [0.15, 0.2) is 0 Å². The molecule has 94 valence electrons. The van der Waals surface area contributed by atoms with Crippen molar-refractivity contribution in [1.82, 2.24) is 9.55 Å². The van der Waals surface area contributed by atoms with Crippen LogP contribution in [-0.2, 0) is 13.0 Å². The van der Waals surface area contributed by atoms with E-state index in [2.05, 4.69) is 4.98 Å². The van der Waals surface area contributed by atoms with Crippen LogP contribution in [0.3, 0.4) is 0 Å². The SMILES string of the molecule is N=c1c2c(Cl)c(Cl)ccc2nc2n1CCCCC2. The molecule has 0 amide bonds. The van der Waals surface area contributed by atoms with Gasteiger partial charge in [0.25, 0.3) is 0 Å². The van der Waals surface area contributed by atoms with Gasteiger partial charge in [0.1, 0.15) is 11.3 Å². The van der Waals surface area contributed by atoms with Crippen LogP contribution in [-0.4, -0.2) is 9.55 Å². The van der Waals surface area contributed by atoms with E-state index >= 15 is 0 Å². The number of hydrogen-bond donors (Lipinski definition) is 1. The molecular formula is C13H13Cl2N3. The highest BCUT2D eigenvalue weighted by molar-refractivity contribution is 6.45. The summed E-state index contributed by atoms with van der Waals surface area (Å²) in [6.07, 6.45) is 4.35. The summed E-state index contributed by atoms with van der Waals surface area (Å²) in [7, 11) is 0. The molecule has 1 N–H and O–H groups in total. The van der Waals surface area contributed by atoms with E-state index in [1.54, 1.807) is 6.07 Å².